The van der Waals surface area contributed by atoms with Crippen LogP contribution in [0.5, 0.6) is 0 Å². The number of benzene rings is 1. The van der Waals surface area contributed by atoms with Crippen LogP contribution in [-0.2, 0) is 0 Å². The summed E-state index contributed by atoms with van der Waals surface area (Å²) < 4.78 is 0. The molecule has 1 aliphatic heterocycles. The van der Waals surface area contributed by atoms with Gasteiger partial charge in [0.1, 0.15) is 0 Å². The monoisotopic (exact) mass is 247 g/mol. The summed E-state index contributed by atoms with van der Waals surface area (Å²) in [5.41, 5.74) is 1.96. The fourth-order valence-electron chi connectivity index (χ4n) is 2.69. The van der Waals surface area contributed by atoms with Crippen LogP contribution in [0.1, 0.15) is 43.0 Å². The molecule has 1 aromatic rings. The Bertz CT molecular complexity index is 399. The Morgan fingerprint density at radius 1 is 1.39 bits per heavy atom. The lowest BCUT2D eigenvalue weighted by atomic mass is 10.1. The van der Waals surface area contributed by atoms with Crippen LogP contribution in [-0.4, -0.2) is 30.1 Å². The molecule has 98 valence electrons. The molecule has 1 fully saturated rings. The Morgan fingerprint density at radius 2 is 2.11 bits per heavy atom. The molecule has 1 N–H and O–H groups in total. The highest BCUT2D eigenvalue weighted by atomic mass is 16.2. The number of anilines is 1. The molecular weight excluding hydrogens is 226 g/mol. The van der Waals surface area contributed by atoms with Gasteiger partial charge in [0.2, 0.25) is 0 Å². The van der Waals surface area contributed by atoms with Crippen molar-refractivity contribution in [2.24, 2.45) is 0 Å². The van der Waals surface area contributed by atoms with Crippen LogP contribution in [0.4, 0.5) is 5.69 Å². The zero-order valence-electron chi connectivity index (χ0n) is 10.9. The maximum absolute atomic E-state index is 11.2. The van der Waals surface area contributed by atoms with Crippen molar-refractivity contribution < 1.29 is 9.90 Å². The van der Waals surface area contributed by atoms with E-state index in [1.165, 1.54) is 18.5 Å². The Balaban J connectivity index is 2.07. The van der Waals surface area contributed by atoms with Crippen molar-refractivity contribution in [1.82, 2.24) is 0 Å². The van der Waals surface area contributed by atoms with Gasteiger partial charge < -0.3 is 10.0 Å². The number of hydrogen-bond donors (Lipinski definition) is 1. The number of carbonyl (C=O) groups excluding carboxylic acids is 1. The van der Waals surface area contributed by atoms with Crippen LogP contribution in [0.3, 0.4) is 0 Å². The van der Waals surface area contributed by atoms with E-state index in [1.807, 2.05) is 24.3 Å². The van der Waals surface area contributed by atoms with Crippen molar-refractivity contribution in [2.45, 2.75) is 38.6 Å². The SMILES string of the molecule is CC(=O)c1ccc(N2CCCC2CCCO)cc1. The molecule has 0 spiro atoms. The van der Waals surface area contributed by atoms with Crippen molar-refractivity contribution in [1.29, 1.82) is 0 Å². The number of hydrogen-bond acceptors (Lipinski definition) is 3. The molecule has 0 amide bonds. The second-order valence-corrected chi connectivity index (χ2v) is 4.96. The second kappa shape index (κ2) is 6.01. The van der Waals surface area contributed by atoms with Crippen molar-refractivity contribution in [2.75, 3.05) is 18.1 Å². The van der Waals surface area contributed by atoms with Gasteiger partial charge in [-0.05, 0) is 56.9 Å². The van der Waals surface area contributed by atoms with Crippen molar-refractivity contribution in [3.63, 3.8) is 0 Å². The van der Waals surface area contributed by atoms with Gasteiger partial charge in [-0.15, -0.1) is 0 Å². The molecule has 0 radical (unpaired) electrons. The minimum absolute atomic E-state index is 0.111. The van der Waals surface area contributed by atoms with E-state index >= 15 is 0 Å². The molecule has 1 heterocycles. The normalized spacial score (nSPS) is 19.2. The van der Waals surface area contributed by atoms with Crippen molar-refractivity contribution in [3.8, 4) is 0 Å². The summed E-state index contributed by atoms with van der Waals surface area (Å²) in [6.07, 6.45) is 4.33. The van der Waals surface area contributed by atoms with Gasteiger partial charge in [-0.2, -0.15) is 0 Å². The van der Waals surface area contributed by atoms with Gasteiger partial charge in [-0.25, -0.2) is 0 Å². The second-order valence-electron chi connectivity index (χ2n) is 4.96. The molecule has 1 saturated heterocycles. The zero-order valence-corrected chi connectivity index (χ0v) is 10.9. The largest absolute Gasteiger partial charge is 0.396 e. The summed E-state index contributed by atoms with van der Waals surface area (Å²) in [6, 6.07) is 8.42. The highest BCUT2D eigenvalue weighted by Gasteiger charge is 2.24. The summed E-state index contributed by atoms with van der Waals surface area (Å²) >= 11 is 0. The third-order valence-corrected chi connectivity index (χ3v) is 3.68. The molecule has 3 nitrogen and oxygen atoms in total. The Hall–Kier alpha value is -1.35. The van der Waals surface area contributed by atoms with Gasteiger partial charge in [0.15, 0.2) is 5.78 Å². The van der Waals surface area contributed by atoms with Crippen molar-refractivity contribution >= 4 is 11.5 Å². The van der Waals surface area contributed by atoms with Crippen LogP contribution in [0.25, 0.3) is 0 Å². The summed E-state index contributed by atoms with van der Waals surface area (Å²) in [5, 5.41) is 8.92. The molecule has 3 heteroatoms. The highest BCUT2D eigenvalue weighted by molar-refractivity contribution is 5.94. The summed E-state index contributed by atoms with van der Waals surface area (Å²) in [6.45, 7) is 2.94. The minimum Gasteiger partial charge on any atom is -0.396 e. The first-order valence-corrected chi connectivity index (χ1v) is 6.71. The predicted octanol–water partition coefficient (Wildman–Crippen LogP) is 2.63. The first kappa shape index (κ1) is 13.1. The lowest BCUT2D eigenvalue weighted by molar-refractivity contribution is 0.101. The molecule has 18 heavy (non-hydrogen) atoms. The number of aliphatic hydroxyl groups is 1. The van der Waals surface area contributed by atoms with Gasteiger partial charge in [-0.3, -0.25) is 4.79 Å². The molecule has 1 aliphatic rings. The molecule has 2 rings (SSSR count). The van der Waals surface area contributed by atoms with Crippen LogP contribution in [0.15, 0.2) is 24.3 Å². The van der Waals surface area contributed by atoms with Crippen LogP contribution >= 0.6 is 0 Å². The molecule has 0 aliphatic carbocycles. The minimum atomic E-state index is 0.111. The third-order valence-electron chi connectivity index (χ3n) is 3.68. The summed E-state index contributed by atoms with van der Waals surface area (Å²) in [5.74, 6) is 0.111. The Morgan fingerprint density at radius 3 is 2.72 bits per heavy atom. The fourth-order valence-corrected chi connectivity index (χ4v) is 2.69. The predicted molar refractivity (Wildman–Crippen MR) is 73.1 cm³/mol. The zero-order chi connectivity index (χ0) is 13.0. The standard InChI is InChI=1S/C15H21NO2/c1-12(18)13-6-8-15(9-7-13)16-10-2-4-14(16)5-3-11-17/h6-9,14,17H,2-5,10-11H2,1H3. The molecule has 1 aromatic carbocycles. The first-order chi connectivity index (χ1) is 8.72. The van der Waals surface area contributed by atoms with Crippen LogP contribution in [0.2, 0.25) is 0 Å². The Labute approximate surface area is 108 Å². The van der Waals surface area contributed by atoms with E-state index in [2.05, 4.69) is 4.90 Å². The number of carbonyl (C=O) groups is 1. The molecule has 1 unspecified atom stereocenters. The fraction of sp³-hybridized carbons (Fsp3) is 0.533. The lowest BCUT2D eigenvalue weighted by Gasteiger charge is -2.26. The van der Waals surface area contributed by atoms with E-state index < -0.39 is 0 Å². The maximum atomic E-state index is 11.2. The van der Waals surface area contributed by atoms with Crippen LogP contribution in [0, 0.1) is 0 Å². The smallest absolute Gasteiger partial charge is 0.159 e. The van der Waals surface area contributed by atoms with Gasteiger partial charge in [0.05, 0.1) is 0 Å². The number of rotatable bonds is 5. The summed E-state index contributed by atoms with van der Waals surface area (Å²) in [7, 11) is 0. The van der Waals surface area contributed by atoms with Gasteiger partial charge in [0, 0.05) is 30.4 Å². The number of aliphatic hydroxyl groups excluding tert-OH is 1. The molecule has 0 saturated carbocycles. The topological polar surface area (TPSA) is 40.5 Å². The molecule has 0 bridgehead atoms. The number of nitrogens with zero attached hydrogens (tertiary/aromatic N) is 1. The van der Waals surface area contributed by atoms with Gasteiger partial charge >= 0.3 is 0 Å². The van der Waals surface area contributed by atoms with E-state index in [0.29, 0.717) is 6.04 Å². The van der Waals surface area contributed by atoms with Crippen LogP contribution < -0.4 is 4.90 Å². The highest BCUT2D eigenvalue weighted by Crippen LogP contribution is 2.28. The molecule has 0 aromatic heterocycles. The van der Waals surface area contributed by atoms with E-state index in [4.69, 9.17) is 5.11 Å². The average Bonchev–Trinajstić information content (AvgIpc) is 2.84. The number of Topliss-reactive ketones (excluding diaryl/α,β-unsaturated/α-hetero) is 1. The summed E-state index contributed by atoms with van der Waals surface area (Å²) in [4.78, 5) is 13.6. The van der Waals surface area contributed by atoms with E-state index in [9.17, 15) is 4.79 Å². The van der Waals surface area contributed by atoms with E-state index in [1.54, 1.807) is 6.92 Å². The van der Waals surface area contributed by atoms with Gasteiger partial charge in [0.25, 0.3) is 0 Å². The quantitative estimate of drug-likeness (QED) is 0.813. The Kier molecular flexibility index (Phi) is 4.37. The van der Waals surface area contributed by atoms with Crippen molar-refractivity contribution in [3.05, 3.63) is 29.8 Å². The van der Waals surface area contributed by atoms with Gasteiger partial charge in [-0.1, -0.05) is 0 Å². The van der Waals surface area contributed by atoms with E-state index in [-0.39, 0.29) is 12.4 Å². The first-order valence-electron chi connectivity index (χ1n) is 6.71. The third kappa shape index (κ3) is 2.91. The maximum Gasteiger partial charge on any atom is 0.159 e. The van der Waals surface area contributed by atoms with E-state index in [0.717, 1.165) is 24.9 Å². The lowest BCUT2D eigenvalue weighted by Crippen LogP contribution is -2.29. The molecular formula is C15H21NO2. The molecule has 1 atom stereocenters. The average molecular weight is 247 g/mol. The number of ketones is 1.